The number of sulfone groups is 1. The van der Waals surface area contributed by atoms with Crippen LogP contribution in [0.3, 0.4) is 0 Å². The number of hydrogen-bond donors (Lipinski definition) is 2. The first-order valence-electron chi connectivity index (χ1n) is 5.31. The van der Waals surface area contributed by atoms with Gasteiger partial charge in [0.1, 0.15) is 6.54 Å². The van der Waals surface area contributed by atoms with Crippen molar-refractivity contribution in [3.63, 3.8) is 0 Å². The molecule has 0 aromatic heterocycles. The SMILES string of the molecule is CCN(CC(=O)O)C(=O)NC1CCS(=O)(=O)C1. The molecule has 0 aromatic rings. The molecule has 0 aromatic carbocycles. The summed E-state index contributed by atoms with van der Waals surface area (Å²) in [5, 5.41) is 11.1. The minimum Gasteiger partial charge on any atom is -0.480 e. The summed E-state index contributed by atoms with van der Waals surface area (Å²) in [4.78, 5) is 23.2. The summed E-state index contributed by atoms with van der Waals surface area (Å²) in [7, 11) is -3.05. The standard InChI is InChI=1S/C9H16N2O5S/c1-2-11(5-8(12)13)9(14)10-7-3-4-17(15,16)6-7/h7H,2-6H2,1H3,(H,10,14)(H,12,13). The number of carboxylic acids is 1. The van der Waals surface area contributed by atoms with Crippen LogP contribution in [0.1, 0.15) is 13.3 Å². The summed E-state index contributed by atoms with van der Waals surface area (Å²) < 4.78 is 22.4. The number of carboxylic acid groups (broad SMARTS) is 1. The van der Waals surface area contributed by atoms with Crippen molar-refractivity contribution in [1.82, 2.24) is 10.2 Å². The van der Waals surface area contributed by atoms with E-state index >= 15 is 0 Å². The molecule has 2 N–H and O–H groups in total. The highest BCUT2D eigenvalue weighted by Gasteiger charge is 2.30. The summed E-state index contributed by atoms with van der Waals surface area (Å²) in [5.41, 5.74) is 0. The molecule has 1 heterocycles. The Morgan fingerprint density at radius 3 is 2.53 bits per heavy atom. The third-order valence-electron chi connectivity index (χ3n) is 2.56. The second-order valence-electron chi connectivity index (χ2n) is 3.96. The van der Waals surface area contributed by atoms with Gasteiger partial charge in [0.2, 0.25) is 0 Å². The van der Waals surface area contributed by atoms with Gasteiger partial charge in [-0.2, -0.15) is 0 Å². The first-order valence-corrected chi connectivity index (χ1v) is 7.14. The van der Waals surface area contributed by atoms with Crippen LogP contribution in [0.25, 0.3) is 0 Å². The average molecular weight is 264 g/mol. The Kier molecular flexibility index (Phi) is 4.33. The van der Waals surface area contributed by atoms with Crippen LogP contribution in [-0.4, -0.2) is 61.1 Å². The van der Waals surface area contributed by atoms with Crippen LogP contribution >= 0.6 is 0 Å². The van der Waals surface area contributed by atoms with Crippen LogP contribution in [0.15, 0.2) is 0 Å². The number of hydrogen-bond acceptors (Lipinski definition) is 4. The smallest absolute Gasteiger partial charge is 0.323 e. The molecule has 0 aliphatic carbocycles. The van der Waals surface area contributed by atoms with E-state index in [1.54, 1.807) is 6.92 Å². The molecule has 1 saturated heterocycles. The van der Waals surface area contributed by atoms with Crippen LogP contribution in [0.2, 0.25) is 0 Å². The summed E-state index contributed by atoms with van der Waals surface area (Å²) in [6.45, 7) is 1.54. The number of nitrogens with zero attached hydrogens (tertiary/aromatic N) is 1. The Morgan fingerprint density at radius 1 is 1.47 bits per heavy atom. The van der Waals surface area contributed by atoms with Crippen LogP contribution in [0.5, 0.6) is 0 Å². The molecule has 0 bridgehead atoms. The average Bonchev–Trinajstić information content (AvgIpc) is 2.54. The molecule has 98 valence electrons. The lowest BCUT2D eigenvalue weighted by Crippen LogP contribution is -2.47. The summed E-state index contributed by atoms with van der Waals surface area (Å²) in [5.74, 6) is -1.09. The molecule has 0 spiro atoms. The summed E-state index contributed by atoms with van der Waals surface area (Å²) >= 11 is 0. The zero-order valence-electron chi connectivity index (χ0n) is 9.55. The van der Waals surface area contributed by atoms with E-state index in [4.69, 9.17) is 5.11 Å². The molecular weight excluding hydrogens is 248 g/mol. The largest absolute Gasteiger partial charge is 0.480 e. The number of urea groups is 1. The van der Waals surface area contributed by atoms with Crippen molar-refractivity contribution < 1.29 is 23.1 Å². The van der Waals surface area contributed by atoms with Gasteiger partial charge in [-0.25, -0.2) is 13.2 Å². The van der Waals surface area contributed by atoms with Crippen molar-refractivity contribution in [2.75, 3.05) is 24.6 Å². The second kappa shape index (κ2) is 5.35. The minimum absolute atomic E-state index is 0.0661. The Balaban J connectivity index is 2.51. The van der Waals surface area contributed by atoms with E-state index in [1.165, 1.54) is 0 Å². The molecule has 1 aliphatic rings. The van der Waals surface area contributed by atoms with Crippen LogP contribution in [-0.2, 0) is 14.6 Å². The van der Waals surface area contributed by atoms with E-state index in [-0.39, 0.29) is 24.6 Å². The number of carbonyl (C=O) groups excluding carboxylic acids is 1. The van der Waals surface area contributed by atoms with Crippen molar-refractivity contribution in [1.29, 1.82) is 0 Å². The lowest BCUT2D eigenvalue weighted by atomic mass is 10.3. The number of carbonyl (C=O) groups is 2. The molecular formula is C9H16N2O5S. The number of amides is 2. The molecule has 0 radical (unpaired) electrons. The van der Waals surface area contributed by atoms with E-state index in [9.17, 15) is 18.0 Å². The van der Waals surface area contributed by atoms with E-state index < -0.39 is 27.9 Å². The highest BCUT2D eigenvalue weighted by molar-refractivity contribution is 7.91. The molecule has 1 fully saturated rings. The van der Waals surface area contributed by atoms with Gasteiger partial charge in [0.05, 0.1) is 11.5 Å². The van der Waals surface area contributed by atoms with Crippen molar-refractivity contribution in [2.24, 2.45) is 0 Å². The Labute approximate surface area is 99.7 Å². The second-order valence-corrected chi connectivity index (χ2v) is 6.19. The van der Waals surface area contributed by atoms with E-state index in [0.29, 0.717) is 6.42 Å². The lowest BCUT2D eigenvalue weighted by molar-refractivity contribution is -0.137. The van der Waals surface area contributed by atoms with E-state index in [2.05, 4.69) is 5.32 Å². The van der Waals surface area contributed by atoms with Gasteiger partial charge in [-0.3, -0.25) is 4.79 Å². The Hall–Kier alpha value is -1.31. The zero-order valence-corrected chi connectivity index (χ0v) is 10.4. The molecule has 2 amide bonds. The maximum atomic E-state index is 11.6. The van der Waals surface area contributed by atoms with Crippen molar-refractivity contribution >= 4 is 21.8 Å². The predicted octanol–water partition coefficient (Wildman–Crippen LogP) is -0.710. The Morgan fingerprint density at radius 2 is 2.12 bits per heavy atom. The fourth-order valence-corrected chi connectivity index (χ4v) is 3.34. The third-order valence-corrected chi connectivity index (χ3v) is 4.32. The van der Waals surface area contributed by atoms with Gasteiger partial charge >= 0.3 is 12.0 Å². The zero-order chi connectivity index (χ0) is 13.1. The molecule has 1 unspecified atom stereocenters. The van der Waals surface area contributed by atoms with Gasteiger partial charge in [-0.05, 0) is 13.3 Å². The summed E-state index contributed by atoms with van der Waals surface area (Å²) in [6, 6.07) is -0.938. The third kappa shape index (κ3) is 4.22. The topological polar surface area (TPSA) is 104 Å². The van der Waals surface area contributed by atoms with Crippen molar-refractivity contribution in [2.45, 2.75) is 19.4 Å². The number of rotatable bonds is 4. The molecule has 0 saturated carbocycles. The van der Waals surface area contributed by atoms with Gasteiger partial charge in [0, 0.05) is 12.6 Å². The molecule has 1 aliphatic heterocycles. The van der Waals surface area contributed by atoms with Crippen LogP contribution < -0.4 is 5.32 Å². The first kappa shape index (κ1) is 13.8. The fraction of sp³-hybridized carbons (Fsp3) is 0.778. The quantitative estimate of drug-likeness (QED) is 0.698. The van der Waals surface area contributed by atoms with Gasteiger partial charge in [-0.15, -0.1) is 0 Å². The van der Waals surface area contributed by atoms with Crippen LogP contribution in [0, 0.1) is 0 Å². The number of nitrogens with one attached hydrogen (secondary N) is 1. The predicted molar refractivity (Wildman–Crippen MR) is 60.5 cm³/mol. The monoisotopic (exact) mass is 264 g/mol. The molecule has 7 nitrogen and oxygen atoms in total. The number of aliphatic carboxylic acids is 1. The molecule has 1 atom stereocenters. The van der Waals surface area contributed by atoms with E-state index in [1.807, 2.05) is 0 Å². The highest BCUT2D eigenvalue weighted by atomic mass is 32.2. The molecule has 8 heteroatoms. The van der Waals surface area contributed by atoms with E-state index in [0.717, 1.165) is 4.90 Å². The molecule has 17 heavy (non-hydrogen) atoms. The highest BCUT2D eigenvalue weighted by Crippen LogP contribution is 2.11. The fourth-order valence-electron chi connectivity index (χ4n) is 1.67. The van der Waals surface area contributed by atoms with Gasteiger partial charge < -0.3 is 15.3 Å². The normalized spacial score (nSPS) is 22.1. The lowest BCUT2D eigenvalue weighted by Gasteiger charge is -2.21. The van der Waals surface area contributed by atoms with Gasteiger partial charge in [-0.1, -0.05) is 0 Å². The molecule has 1 rings (SSSR count). The number of likely N-dealkylation sites (N-methyl/N-ethyl adjacent to an activating group) is 1. The van der Waals surface area contributed by atoms with Crippen molar-refractivity contribution in [3.05, 3.63) is 0 Å². The van der Waals surface area contributed by atoms with Crippen LogP contribution in [0.4, 0.5) is 4.79 Å². The van der Waals surface area contributed by atoms with Crippen molar-refractivity contribution in [3.8, 4) is 0 Å². The van der Waals surface area contributed by atoms with Gasteiger partial charge in [0.25, 0.3) is 0 Å². The maximum absolute atomic E-state index is 11.6. The summed E-state index contributed by atoms with van der Waals surface area (Å²) in [6.07, 6.45) is 0.388. The minimum atomic E-state index is -3.05. The first-order chi connectivity index (χ1) is 7.84. The van der Waals surface area contributed by atoms with Gasteiger partial charge in [0.15, 0.2) is 9.84 Å². The Bertz CT molecular complexity index is 406. The maximum Gasteiger partial charge on any atom is 0.323 e.